The summed E-state index contributed by atoms with van der Waals surface area (Å²) in [5.41, 5.74) is 1.47. The molecule has 0 bridgehead atoms. The van der Waals surface area contributed by atoms with Crippen molar-refractivity contribution in [3.63, 3.8) is 0 Å². The van der Waals surface area contributed by atoms with E-state index in [1.54, 1.807) is 41.8 Å². The van der Waals surface area contributed by atoms with E-state index in [1.807, 2.05) is 12.1 Å². The Labute approximate surface area is 166 Å². The lowest BCUT2D eigenvalue weighted by atomic mass is 10.3. The van der Waals surface area contributed by atoms with Gasteiger partial charge in [-0.15, -0.1) is 11.3 Å². The van der Waals surface area contributed by atoms with Crippen LogP contribution in [-0.2, 0) is 0 Å². The zero-order valence-electron chi connectivity index (χ0n) is 13.1. The average Bonchev–Trinajstić information content (AvgIpc) is 3.07. The minimum atomic E-state index is -0.457. The molecule has 132 valence electrons. The second kappa shape index (κ2) is 8.31. The number of carbonyl (C=O) groups is 2. The number of nitrogens with one attached hydrogen (secondary N) is 3. The first-order valence-electron chi connectivity index (χ1n) is 7.35. The molecule has 0 aliphatic carbocycles. The Bertz CT molecular complexity index is 929. The van der Waals surface area contributed by atoms with Gasteiger partial charge in [0.05, 0.1) is 0 Å². The van der Waals surface area contributed by atoms with Crippen LogP contribution in [0.15, 0.2) is 58.4 Å². The van der Waals surface area contributed by atoms with Crippen LogP contribution in [-0.4, -0.2) is 16.9 Å². The molecule has 0 spiro atoms. The first kappa shape index (κ1) is 18.4. The normalized spacial score (nSPS) is 10.2. The van der Waals surface area contributed by atoms with E-state index in [0.29, 0.717) is 21.5 Å². The predicted octanol–water partition coefficient (Wildman–Crippen LogP) is 5.46. The van der Waals surface area contributed by atoms with Crippen molar-refractivity contribution in [1.29, 1.82) is 0 Å². The van der Waals surface area contributed by atoms with Crippen LogP contribution in [0.2, 0.25) is 5.02 Å². The predicted molar refractivity (Wildman–Crippen MR) is 108 cm³/mol. The lowest BCUT2D eigenvalue weighted by molar-refractivity contribution is 0.102. The molecule has 1 heterocycles. The zero-order valence-corrected chi connectivity index (χ0v) is 16.3. The van der Waals surface area contributed by atoms with Crippen molar-refractivity contribution < 1.29 is 9.59 Å². The number of anilines is 3. The van der Waals surface area contributed by atoms with Gasteiger partial charge in [-0.2, -0.15) is 0 Å². The van der Waals surface area contributed by atoms with E-state index in [-0.39, 0.29) is 11.6 Å². The first-order valence-corrected chi connectivity index (χ1v) is 9.41. The number of hydrogen-bond acceptors (Lipinski definition) is 4. The molecule has 3 N–H and O–H groups in total. The Morgan fingerprint density at radius 1 is 0.923 bits per heavy atom. The molecule has 0 unspecified atom stereocenters. The fourth-order valence-electron chi connectivity index (χ4n) is 1.96. The molecule has 3 amide bonds. The van der Waals surface area contributed by atoms with Crippen LogP contribution < -0.4 is 16.0 Å². The number of nitrogens with zero attached hydrogens (tertiary/aromatic N) is 1. The van der Waals surface area contributed by atoms with E-state index in [1.165, 1.54) is 0 Å². The zero-order chi connectivity index (χ0) is 18.5. The van der Waals surface area contributed by atoms with Crippen LogP contribution in [0.25, 0.3) is 0 Å². The highest BCUT2D eigenvalue weighted by atomic mass is 79.9. The van der Waals surface area contributed by atoms with Gasteiger partial charge in [-0.05, 0) is 48.5 Å². The van der Waals surface area contributed by atoms with Crippen molar-refractivity contribution >= 4 is 67.3 Å². The molecule has 0 atom stereocenters. The topological polar surface area (TPSA) is 83.1 Å². The van der Waals surface area contributed by atoms with E-state index in [2.05, 4.69) is 36.9 Å². The van der Waals surface area contributed by atoms with E-state index >= 15 is 0 Å². The standard InChI is InChI=1S/C17H12BrClN4O2S/c18-10-1-5-12(6-2-10)20-15(24)14-9-26-17(22-14)23-16(25)21-13-7-3-11(19)4-8-13/h1-9H,(H,20,24)(H2,21,22,23,25). The molecule has 0 aliphatic rings. The Balaban J connectivity index is 1.58. The number of benzene rings is 2. The third-order valence-corrected chi connectivity index (χ3v) is 4.70. The molecule has 1 aromatic heterocycles. The second-order valence-corrected chi connectivity index (χ2v) is 7.30. The van der Waals surface area contributed by atoms with Gasteiger partial charge >= 0.3 is 6.03 Å². The van der Waals surface area contributed by atoms with E-state index in [0.717, 1.165) is 15.8 Å². The molecule has 2 aromatic carbocycles. The molecule has 0 aliphatic heterocycles. The number of hydrogen-bond donors (Lipinski definition) is 3. The van der Waals surface area contributed by atoms with Gasteiger partial charge in [0.1, 0.15) is 5.69 Å². The van der Waals surface area contributed by atoms with Crippen LogP contribution in [0.4, 0.5) is 21.3 Å². The van der Waals surface area contributed by atoms with Crippen molar-refractivity contribution in [2.75, 3.05) is 16.0 Å². The summed E-state index contributed by atoms with van der Waals surface area (Å²) in [6, 6.07) is 13.4. The van der Waals surface area contributed by atoms with Gasteiger partial charge in [-0.3, -0.25) is 10.1 Å². The summed E-state index contributed by atoms with van der Waals surface area (Å²) in [6.45, 7) is 0. The fraction of sp³-hybridized carbons (Fsp3) is 0. The van der Waals surface area contributed by atoms with Crippen molar-refractivity contribution in [3.05, 3.63) is 69.1 Å². The quantitative estimate of drug-likeness (QED) is 0.493. The van der Waals surface area contributed by atoms with Crippen LogP contribution >= 0.6 is 38.9 Å². The first-order chi connectivity index (χ1) is 12.5. The Morgan fingerprint density at radius 3 is 2.23 bits per heavy atom. The largest absolute Gasteiger partial charge is 0.325 e. The molecule has 26 heavy (non-hydrogen) atoms. The van der Waals surface area contributed by atoms with E-state index in [4.69, 9.17) is 11.6 Å². The summed E-state index contributed by atoms with van der Waals surface area (Å²) >= 11 is 10.3. The number of carbonyl (C=O) groups excluding carboxylic acids is 2. The Kier molecular flexibility index (Phi) is 5.87. The van der Waals surface area contributed by atoms with Crippen molar-refractivity contribution in [2.45, 2.75) is 0 Å². The summed E-state index contributed by atoms with van der Waals surface area (Å²) in [7, 11) is 0. The molecule has 0 saturated heterocycles. The van der Waals surface area contributed by atoms with E-state index < -0.39 is 6.03 Å². The molecule has 9 heteroatoms. The Hall–Kier alpha value is -2.42. The highest BCUT2D eigenvalue weighted by molar-refractivity contribution is 9.10. The van der Waals surface area contributed by atoms with Crippen molar-refractivity contribution in [2.24, 2.45) is 0 Å². The number of aromatic nitrogens is 1. The maximum Gasteiger partial charge on any atom is 0.325 e. The number of urea groups is 1. The monoisotopic (exact) mass is 450 g/mol. The third kappa shape index (κ3) is 5.04. The highest BCUT2D eigenvalue weighted by Gasteiger charge is 2.13. The summed E-state index contributed by atoms with van der Waals surface area (Å²) in [4.78, 5) is 28.3. The van der Waals surface area contributed by atoms with Crippen LogP contribution in [0.1, 0.15) is 10.5 Å². The SMILES string of the molecule is O=C(Nc1ccc(Cl)cc1)Nc1nc(C(=O)Nc2ccc(Br)cc2)cs1. The van der Waals surface area contributed by atoms with Crippen LogP contribution in [0, 0.1) is 0 Å². The van der Waals surface area contributed by atoms with Gasteiger partial charge in [-0.1, -0.05) is 27.5 Å². The lowest BCUT2D eigenvalue weighted by Crippen LogP contribution is -2.19. The van der Waals surface area contributed by atoms with Crippen molar-refractivity contribution in [3.8, 4) is 0 Å². The number of amides is 3. The van der Waals surface area contributed by atoms with Gasteiger partial charge in [0.25, 0.3) is 5.91 Å². The molecule has 0 saturated carbocycles. The summed E-state index contributed by atoms with van der Waals surface area (Å²) in [6.07, 6.45) is 0. The summed E-state index contributed by atoms with van der Waals surface area (Å²) < 4.78 is 0.919. The lowest BCUT2D eigenvalue weighted by Gasteiger charge is -2.05. The fourth-order valence-corrected chi connectivity index (χ4v) is 3.03. The molecule has 3 aromatic rings. The van der Waals surface area contributed by atoms with Gasteiger partial charge in [0, 0.05) is 26.3 Å². The molecular formula is C17H12BrClN4O2S. The summed E-state index contributed by atoms with van der Waals surface area (Å²) in [5.74, 6) is -0.352. The number of halogens is 2. The van der Waals surface area contributed by atoms with Gasteiger partial charge < -0.3 is 10.6 Å². The molecular weight excluding hydrogens is 440 g/mol. The van der Waals surface area contributed by atoms with Crippen LogP contribution in [0.5, 0.6) is 0 Å². The maximum absolute atomic E-state index is 12.2. The number of rotatable bonds is 4. The van der Waals surface area contributed by atoms with Gasteiger partial charge in [0.2, 0.25) is 0 Å². The smallest absolute Gasteiger partial charge is 0.321 e. The minimum absolute atomic E-state index is 0.222. The maximum atomic E-state index is 12.2. The Morgan fingerprint density at radius 2 is 1.54 bits per heavy atom. The molecule has 3 rings (SSSR count). The van der Waals surface area contributed by atoms with E-state index in [9.17, 15) is 9.59 Å². The molecule has 0 radical (unpaired) electrons. The van der Waals surface area contributed by atoms with Gasteiger partial charge in [-0.25, -0.2) is 9.78 Å². The molecule has 6 nitrogen and oxygen atoms in total. The second-order valence-electron chi connectivity index (χ2n) is 5.08. The van der Waals surface area contributed by atoms with Crippen LogP contribution in [0.3, 0.4) is 0 Å². The average molecular weight is 452 g/mol. The summed E-state index contributed by atoms with van der Waals surface area (Å²) in [5, 5.41) is 10.5. The minimum Gasteiger partial charge on any atom is -0.321 e. The van der Waals surface area contributed by atoms with Gasteiger partial charge in [0.15, 0.2) is 5.13 Å². The third-order valence-electron chi connectivity index (χ3n) is 3.16. The van der Waals surface area contributed by atoms with Crippen molar-refractivity contribution in [1.82, 2.24) is 4.98 Å². The number of thiazole rings is 1. The molecule has 0 fully saturated rings. The highest BCUT2D eigenvalue weighted by Crippen LogP contribution is 2.19.